The van der Waals surface area contributed by atoms with Crippen LogP contribution in [0, 0.1) is 0 Å². The summed E-state index contributed by atoms with van der Waals surface area (Å²) in [5, 5.41) is 0. The Kier molecular flexibility index (Phi) is 3.22. The van der Waals surface area contributed by atoms with Crippen LogP contribution in [-0.2, 0) is 6.42 Å². The Bertz CT molecular complexity index is 454. The third-order valence-electron chi connectivity index (χ3n) is 2.21. The van der Waals surface area contributed by atoms with Gasteiger partial charge in [0.2, 0.25) is 0 Å². The van der Waals surface area contributed by atoms with Gasteiger partial charge in [0.25, 0.3) is 0 Å². The normalized spacial score (nSPS) is 12.4. The van der Waals surface area contributed by atoms with E-state index in [1.54, 1.807) is 18.7 Å². The second kappa shape index (κ2) is 4.81. The van der Waals surface area contributed by atoms with Crippen LogP contribution in [0.2, 0.25) is 0 Å². The molecule has 2 aromatic rings. The standard InChI is InChI=1S/C12H14N4/c1-9(13)5-11-6-12(16-8-15-11)10-3-2-4-14-7-10/h2-4,6-9H,5,13H2,1H3. The number of hydrogen-bond donors (Lipinski definition) is 1. The van der Waals surface area contributed by atoms with Crippen LogP contribution in [0.4, 0.5) is 0 Å². The smallest absolute Gasteiger partial charge is 0.116 e. The van der Waals surface area contributed by atoms with E-state index >= 15 is 0 Å². The van der Waals surface area contributed by atoms with Gasteiger partial charge in [0.1, 0.15) is 6.33 Å². The lowest BCUT2D eigenvalue weighted by atomic mass is 10.1. The second-order valence-electron chi connectivity index (χ2n) is 3.82. The lowest BCUT2D eigenvalue weighted by Crippen LogP contribution is -2.18. The summed E-state index contributed by atoms with van der Waals surface area (Å²) in [5.41, 5.74) is 8.59. The van der Waals surface area contributed by atoms with Gasteiger partial charge in [-0.05, 0) is 25.1 Å². The molecule has 0 aliphatic carbocycles. The molecule has 0 radical (unpaired) electrons. The average Bonchev–Trinajstić information content (AvgIpc) is 2.30. The van der Waals surface area contributed by atoms with Crippen LogP contribution in [-0.4, -0.2) is 21.0 Å². The zero-order chi connectivity index (χ0) is 11.4. The highest BCUT2D eigenvalue weighted by Crippen LogP contribution is 2.15. The summed E-state index contributed by atoms with van der Waals surface area (Å²) in [7, 11) is 0. The van der Waals surface area contributed by atoms with E-state index in [0.717, 1.165) is 23.4 Å². The Balaban J connectivity index is 2.29. The van der Waals surface area contributed by atoms with E-state index < -0.39 is 0 Å². The minimum atomic E-state index is 0.108. The maximum absolute atomic E-state index is 5.74. The van der Waals surface area contributed by atoms with Crippen molar-refractivity contribution in [2.75, 3.05) is 0 Å². The summed E-state index contributed by atoms with van der Waals surface area (Å²) in [6.07, 6.45) is 5.86. The molecule has 16 heavy (non-hydrogen) atoms. The Hall–Kier alpha value is -1.81. The van der Waals surface area contributed by atoms with Crippen LogP contribution in [0.25, 0.3) is 11.3 Å². The number of pyridine rings is 1. The van der Waals surface area contributed by atoms with Crippen molar-refractivity contribution in [3.8, 4) is 11.3 Å². The molecular formula is C12H14N4. The fourth-order valence-electron chi connectivity index (χ4n) is 1.51. The molecule has 0 amide bonds. The lowest BCUT2D eigenvalue weighted by Gasteiger charge is -2.05. The zero-order valence-electron chi connectivity index (χ0n) is 9.17. The summed E-state index contributed by atoms with van der Waals surface area (Å²) in [6, 6.07) is 5.94. The van der Waals surface area contributed by atoms with E-state index in [9.17, 15) is 0 Å². The summed E-state index contributed by atoms with van der Waals surface area (Å²) in [6.45, 7) is 1.96. The molecule has 0 saturated carbocycles. The van der Waals surface area contributed by atoms with E-state index in [0.29, 0.717) is 0 Å². The van der Waals surface area contributed by atoms with Crippen molar-refractivity contribution in [2.24, 2.45) is 5.73 Å². The van der Waals surface area contributed by atoms with Gasteiger partial charge in [0.05, 0.1) is 5.69 Å². The van der Waals surface area contributed by atoms with Gasteiger partial charge in [-0.15, -0.1) is 0 Å². The molecule has 1 unspecified atom stereocenters. The number of rotatable bonds is 3. The maximum Gasteiger partial charge on any atom is 0.116 e. The largest absolute Gasteiger partial charge is 0.328 e. The monoisotopic (exact) mass is 214 g/mol. The maximum atomic E-state index is 5.74. The molecule has 0 aliphatic rings. The first-order valence-electron chi connectivity index (χ1n) is 5.22. The highest BCUT2D eigenvalue weighted by atomic mass is 14.8. The Morgan fingerprint density at radius 2 is 2.25 bits per heavy atom. The number of nitrogens with zero attached hydrogens (tertiary/aromatic N) is 3. The highest BCUT2D eigenvalue weighted by molar-refractivity contribution is 5.57. The van der Waals surface area contributed by atoms with Crippen molar-refractivity contribution >= 4 is 0 Å². The summed E-state index contributed by atoms with van der Waals surface area (Å²) >= 11 is 0. The van der Waals surface area contributed by atoms with Crippen molar-refractivity contribution in [3.63, 3.8) is 0 Å². The van der Waals surface area contributed by atoms with Gasteiger partial charge in [-0.3, -0.25) is 4.98 Å². The number of nitrogens with two attached hydrogens (primary N) is 1. The minimum Gasteiger partial charge on any atom is -0.328 e. The molecule has 2 heterocycles. The number of hydrogen-bond acceptors (Lipinski definition) is 4. The van der Waals surface area contributed by atoms with E-state index in [1.165, 1.54) is 0 Å². The molecular weight excluding hydrogens is 200 g/mol. The Morgan fingerprint density at radius 1 is 1.38 bits per heavy atom. The predicted octanol–water partition coefficient (Wildman–Crippen LogP) is 1.43. The Labute approximate surface area is 94.6 Å². The molecule has 0 aliphatic heterocycles. The van der Waals surface area contributed by atoms with E-state index in [-0.39, 0.29) is 6.04 Å². The molecule has 0 spiro atoms. The molecule has 0 saturated heterocycles. The van der Waals surface area contributed by atoms with Crippen LogP contribution >= 0.6 is 0 Å². The molecule has 2 rings (SSSR count). The molecule has 2 aromatic heterocycles. The van der Waals surface area contributed by atoms with Crippen molar-refractivity contribution in [1.29, 1.82) is 0 Å². The molecule has 82 valence electrons. The third kappa shape index (κ3) is 2.61. The van der Waals surface area contributed by atoms with Crippen molar-refractivity contribution in [1.82, 2.24) is 15.0 Å². The fourth-order valence-corrected chi connectivity index (χ4v) is 1.51. The zero-order valence-corrected chi connectivity index (χ0v) is 9.17. The molecule has 0 fully saturated rings. The second-order valence-corrected chi connectivity index (χ2v) is 3.82. The SMILES string of the molecule is CC(N)Cc1cc(-c2cccnc2)ncn1. The van der Waals surface area contributed by atoms with Crippen LogP contribution in [0.15, 0.2) is 36.9 Å². The third-order valence-corrected chi connectivity index (χ3v) is 2.21. The van der Waals surface area contributed by atoms with Gasteiger partial charge in [-0.2, -0.15) is 0 Å². The van der Waals surface area contributed by atoms with Crippen molar-refractivity contribution in [3.05, 3.63) is 42.6 Å². The van der Waals surface area contributed by atoms with Crippen LogP contribution in [0.3, 0.4) is 0 Å². The highest BCUT2D eigenvalue weighted by Gasteiger charge is 2.03. The lowest BCUT2D eigenvalue weighted by molar-refractivity contribution is 0.720. The summed E-state index contributed by atoms with van der Waals surface area (Å²) in [4.78, 5) is 12.5. The average molecular weight is 214 g/mol. The van der Waals surface area contributed by atoms with E-state index in [4.69, 9.17) is 5.73 Å². The van der Waals surface area contributed by atoms with Crippen molar-refractivity contribution in [2.45, 2.75) is 19.4 Å². The van der Waals surface area contributed by atoms with Gasteiger partial charge >= 0.3 is 0 Å². The quantitative estimate of drug-likeness (QED) is 0.839. The fraction of sp³-hybridized carbons (Fsp3) is 0.250. The van der Waals surface area contributed by atoms with E-state index in [2.05, 4.69) is 15.0 Å². The van der Waals surface area contributed by atoms with Gasteiger partial charge in [0.15, 0.2) is 0 Å². The van der Waals surface area contributed by atoms with Gasteiger partial charge in [-0.25, -0.2) is 9.97 Å². The topological polar surface area (TPSA) is 64.7 Å². The first kappa shape index (κ1) is 10.7. The van der Waals surface area contributed by atoms with Crippen LogP contribution in [0.1, 0.15) is 12.6 Å². The predicted molar refractivity (Wildman–Crippen MR) is 62.6 cm³/mol. The first-order chi connectivity index (χ1) is 7.75. The van der Waals surface area contributed by atoms with Crippen molar-refractivity contribution < 1.29 is 0 Å². The molecule has 2 N–H and O–H groups in total. The van der Waals surface area contributed by atoms with Gasteiger partial charge in [-0.1, -0.05) is 0 Å². The van der Waals surface area contributed by atoms with Crippen LogP contribution < -0.4 is 5.73 Å². The summed E-state index contributed by atoms with van der Waals surface area (Å²) < 4.78 is 0. The Morgan fingerprint density at radius 3 is 2.94 bits per heavy atom. The minimum absolute atomic E-state index is 0.108. The van der Waals surface area contributed by atoms with Gasteiger partial charge in [0, 0.05) is 36.1 Å². The first-order valence-corrected chi connectivity index (χ1v) is 5.22. The molecule has 0 bridgehead atoms. The van der Waals surface area contributed by atoms with Gasteiger partial charge < -0.3 is 5.73 Å². The summed E-state index contributed by atoms with van der Waals surface area (Å²) in [5.74, 6) is 0. The number of aromatic nitrogens is 3. The van der Waals surface area contributed by atoms with E-state index in [1.807, 2.05) is 25.1 Å². The molecule has 4 heteroatoms. The molecule has 4 nitrogen and oxygen atoms in total. The molecule has 1 atom stereocenters. The van der Waals surface area contributed by atoms with Crippen LogP contribution in [0.5, 0.6) is 0 Å². The molecule has 0 aromatic carbocycles.